The molecule has 0 radical (unpaired) electrons. The summed E-state index contributed by atoms with van der Waals surface area (Å²) in [7, 11) is 4.46. The third-order valence-electron chi connectivity index (χ3n) is 13.3. The monoisotopic (exact) mass is 893 g/mol. The number of aryl methyl sites for hydroxylation is 2. The fourth-order valence-electron chi connectivity index (χ4n) is 10.5. The molecule has 0 bridgehead atoms. The lowest BCUT2D eigenvalue weighted by molar-refractivity contribution is -0.392. The largest absolute Gasteiger partial charge is 0.504 e. The van der Waals surface area contributed by atoms with Gasteiger partial charge in [-0.2, -0.15) is 5.10 Å². The number of amides is 4. The summed E-state index contributed by atoms with van der Waals surface area (Å²) in [4.78, 5) is 86.4. The standard InChI is InChI=1S/C44H40ClN7O10S/c1-7-62-32-10-8-9-25(38(32)53)36-23-12-13-24-35(42(56)49(40(24)54)22-16-30(51(58)59)37(47(4)5)31(17-22)52(60)61)27(23)18-28-41(55)50(43(57)44(28,36)3)34-19-29(46-48(34)6)39-20(2)26-15-21(45)11-14-33(26)63-39/h8-12,14-17,19,24,27-28,35-36,53H,7,13,18H2,1-6H3. The van der Waals surface area contributed by atoms with Crippen molar-refractivity contribution >= 4 is 85.2 Å². The molecule has 4 heterocycles. The van der Waals surface area contributed by atoms with Gasteiger partial charge in [0, 0.05) is 60.5 Å². The summed E-state index contributed by atoms with van der Waals surface area (Å²) in [6.45, 7) is 5.61. The molecule has 3 aromatic carbocycles. The van der Waals surface area contributed by atoms with Gasteiger partial charge in [0.2, 0.25) is 23.6 Å². The number of imide groups is 2. The van der Waals surface area contributed by atoms with Crippen LogP contribution in [0.25, 0.3) is 20.7 Å². The highest BCUT2D eigenvalue weighted by atomic mass is 35.5. The number of phenolic OH excluding ortho intramolecular Hbond substituents is 1. The molecular weight excluding hydrogens is 854 g/mol. The van der Waals surface area contributed by atoms with Crippen LogP contribution in [0.5, 0.6) is 11.5 Å². The van der Waals surface area contributed by atoms with Crippen molar-refractivity contribution in [3.05, 3.63) is 103 Å². The molecule has 0 spiro atoms. The number of benzene rings is 3. The number of anilines is 3. The molecule has 1 N–H and O–H groups in total. The Kier molecular flexibility index (Phi) is 9.74. The fourth-order valence-corrected chi connectivity index (χ4v) is 11.9. The lowest BCUT2D eigenvalue weighted by Gasteiger charge is -2.49. The van der Waals surface area contributed by atoms with Crippen molar-refractivity contribution in [1.82, 2.24) is 9.78 Å². The minimum Gasteiger partial charge on any atom is -0.504 e. The Bertz CT molecular complexity index is 2890. The van der Waals surface area contributed by atoms with Crippen molar-refractivity contribution < 1.29 is 38.9 Å². The molecule has 1 saturated carbocycles. The molecule has 2 aliphatic heterocycles. The minimum absolute atomic E-state index is 0.0113. The van der Waals surface area contributed by atoms with Crippen molar-refractivity contribution in [2.24, 2.45) is 36.1 Å². The number of nitrogens with zero attached hydrogens (tertiary/aromatic N) is 7. The number of hydrogen-bond acceptors (Lipinski definition) is 13. The lowest BCUT2D eigenvalue weighted by Crippen LogP contribution is -2.49. The number of ether oxygens (including phenoxy) is 1. The normalized spacial score (nSPS) is 24.1. The van der Waals surface area contributed by atoms with E-state index in [4.69, 9.17) is 21.4 Å². The number of allylic oxidation sites excluding steroid dienone is 2. The number of nitro benzene ring substituents is 2. The number of hydrogen-bond donors (Lipinski definition) is 1. The molecule has 6 unspecified atom stereocenters. The molecule has 9 rings (SSSR count). The predicted molar refractivity (Wildman–Crippen MR) is 234 cm³/mol. The van der Waals surface area contributed by atoms with E-state index in [-0.39, 0.29) is 53.7 Å². The molecule has 6 atom stereocenters. The van der Waals surface area contributed by atoms with Crippen LogP contribution in [-0.4, -0.2) is 69.1 Å². The van der Waals surface area contributed by atoms with E-state index in [0.717, 1.165) is 42.5 Å². The third kappa shape index (κ3) is 5.97. The van der Waals surface area contributed by atoms with Crippen molar-refractivity contribution in [2.75, 3.05) is 35.4 Å². The van der Waals surface area contributed by atoms with Gasteiger partial charge < -0.3 is 14.7 Å². The van der Waals surface area contributed by atoms with Crippen LogP contribution in [0.4, 0.5) is 28.6 Å². The molecule has 17 nitrogen and oxygen atoms in total. The first-order valence-corrected chi connectivity index (χ1v) is 21.4. The van der Waals surface area contributed by atoms with Gasteiger partial charge in [0.1, 0.15) is 11.5 Å². The molecule has 4 amide bonds. The van der Waals surface area contributed by atoms with Gasteiger partial charge in [-0.05, 0) is 74.7 Å². The lowest BCUT2D eigenvalue weighted by atomic mass is 9.51. The highest BCUT2D eigenvalue weighted by molar-refractivity contribution is 7.22. The Morgan fingerprint density at radius 1 is 0.984 bits per heavy atom. The van der Waals surface area contributed by atoms with Crippen molar-refractivity contribution in [3.63, 3.8) is 0 Å². The fraction of sp³-hybridized carbons (Fsp3) is 0.341. The summed E-state index contributed by atoms with van der Waals surface area (Å²) in [5.74, 6) is -7.43. The number of aromatic hydroxyl groups is 1. The quantitative estimate of drug-likeness (QED) is 0.0653. The molecule has 3 fully saturated rings. The summed E-state index contributed by atoms with van der Waals surface area (Å²) in [5, 5.41) is 42.7. The van der Waals surface area contributed by atoms with Crippen molar-refractivity contribution in [1.29, 1.82) is 0 Å². The Labute approximate surface area is 368 Å². The van der Waals surface area contributed by atoms with E-state index in [1.54, 1.807) is 57.3 Å². The number of rotatable bonds is 9. The maximum absolute atomic E-state index is 15.3. The van der Waals surface area contributed by atoms with Crippen LogP contribution >= 0.6 is 22.9 Å². The number of thiophene rings is 1. The molecule has 19 heteroatoms. The van der Waals surface area contributed by atoms with Gasteiger partial charge in [-0.25, -0.2) is 9.80 Å². The van der Waals surface area contributed by atoms with Crippen molar-refractivity contribution in [2.45, 2.75) is 39.5 Å². The molecule has 63 heavy (non-hydrogen) atoms. The van der Waals surface area contributed by atoms with E-state index in [1.807, 2.05) is 19.1 Å². The van der Waals surface area contributed by atoms with E-state index in [1.165, 1.54) is 35.0 Å². The van der Waals surface area contributed by atoms with E-state index in [9.17, 15) is 34.9 Å². The maximum atomic E-state index is 15.3. The third-order valence-corrected chi connectivity index (χ3v) is 14.8. The van der Waals surface area contributed by atoms with Gasteiger partial charge in [-0.1, -0.05) is 35.4 Å². The van der Waals surface area contributed by atoms with Crippen LogP contribution in [0, 0.1) is 56.2 Å². The topological polar surface area (TPSA) is 212 Å². The number of fused-ring (bicyclic) bond motifs is 5. The van der Waals surface area contributed by atoms with Crippen LogP contribution < -0.4 is 19.4 Å². The van der Waals surface area contributed by atoms with Crippen molar-refractivity contribution in [3.8, 4) is 22.1 Å². The Balaban J connectivity index is 1.16. The zero-order chi connectivity index (χ0) is 45.1. The highest BCUT2D eigenvalue weighted by Gasteiger charge is 2.68. The molecule has 2 saturated heterocycles. The zero-order valence-corrected chi connectivity index (χ0v) is 36.4. The Morgan fingerprint density at radius 2 is 1.68 bits per heavy atom. The summed E-state index contributed by atoms with van der Waals surface area (Å²) in [6.07, 6.45) is 1.76. The smallest absolute Gasteiger partial charge is 0.301 e. The minimum atomic E-state index is -1.53. The maximum Gasteiger partial charge on any atom is 0.301 e. The van der Waals surface area contributed by atoms with Crippen LogP contribution in [0.3, 0.4) is 0 Å². The number of aromatic nitrogens is 2. The molecule has 324 valence electrons. The average molecular weight is 894 g/mol. The number of phenols is 1. The van der Waals surface area contributed by atoms with Crippen LogP contribution in [0.15, 0.2) is 66.2 Å². The number of nitro groups is 2. The first kappa shape index (κ1) is 41.7. The summed E-state index contributed by atoms with van der Waals surface area (Å²) in [5.41, 5.74) is -1.19. The molecular formula is C44H40ClN7O10S. The van der Waals surface area contributed by atoms with E-state index >= 15 is 9.59 Å². The van der Waals surface area contributed by atoms with Gasteiger partial charge in [-0.15, -0.1) is 11.3 Å². The van der Waals surface area contributed by atoms with Gasteiger partial charge in [0.25, 0.3) is 0 Å². The number of carbonyl (C=O) groups is 4. The van der Waals surface area contributed by atoms with Crippen LogP contribution in [-0.2, 0) is 26.2 Å². The van der Waals surface area contributed by atoms with Gasteiger partial charge in [0.05, 0.1) is 50.2 Å². The highest BCUT2D eigenvalue weighted by Crippen LogP contribution is 2.65. The van der Waals surface area contributed by atoms with Gasteiger partial charge in [0.15, 0.2) is 17.2 Å². The van der Waals surface area contributed by atoms with Crippen LogP contribution in [0.2, 0.25) is 5.02 Å². The SMILES string of the molecule is CCOc1cccc(C2C3=CCC4C(=O)N(c5cc([N+](=O)[O-])c(N(C)C)c([N+](=O)[O-])c5)C(=O)C4C3CC3C(=O)N(c4cc(-c5sc6ccc(Cl)cc6c5C)nn4C)C(=O)C32C)c1O. The second-order valence-corrected chi connectivity index (χ2v) is 18.2. The van der Waals surface area contributed by atoms with E-state index < -0.39 is 79.9 Å². The number of halogens is 1. The average Bonchev–Trinajstić information content (AvgIpc) is 3.91. The van der Waals surface area contributed by atoms with Gasteiger partial charge in [-0.3, -0.25) is 44.1 Å². The van der Waals surface area contributed by atoms with Gasteiger partial charge >= 0.3 is 11.4 Å². The summed E-state index contributed by atoms with van der Waals surface area (Å²) < 4.78 is 8.23. The van der Waals surface area contributed by atoms with E-state index in [2.05, 4.69) is 0 Å². The summed E-state index contributed by atoms with van der Waals surface area (Å²) >= 11 is 7.82. The first-order valence-electron chi connectivity index (χ1n) is 20.2. The second kappa shape index (κ2) is 14.7. The molecule has 2 aromatic heterocycles. The Hall–Kier alpha value is -6.66. The second-order valence-electron chi connectivity index (χ2n) is 16.7. The van der Waals surface area contributed by atoms with Crippen LogP contribution in [0.1, 0.15) is 43.7 Å². The summed E-state index contributed by atoms with van der Waals surface area (Å²) in [6, 6.07) is 14.2. The first-order chi connectivity index (χ1) is 29.9. The number of carbonyl (C=O) groups excluding carboxylic acids is 4. The zero-order valence-electron chi connectivity index (χ0n) is 34.8. The molecule has 4 aliphatic rings. The predicted octanol–water partition coefficient (Wildman–Crippen LogP) is 7.69. The Morgan fingerprint density at radius 3 is 2.33 bits per heavy atom. The number of para-hydroxylation sites is 1. The molecule has 2 aliphatic carbocycles. The molecule has 5 aromatic rings. The van der Waals surface area contributed by atoms with E-state index in [0.29, 0.717) is 16.3 Å².